The van der Waals surface area contributed by atoms with Crippen LogP contribution in [0.3, 0.4) is 0 Å². The van der Waals surface area contributed by atoms with Crippen molar-refractivity contribution >= 4 is 28.8 Å². The maximum Gasteiger partial charge on any atom is 0.414 e. The first-order valence-electron chi connectivity index (χ1n) is 11.4. The number of carbonyl (C=O) groups is 1. The van der Waals surface area contributed by atoms with Crippen molar-refractivity contribution in [2.75, 3.05) is 22.5 Å². The summed E-state index contributed by atoms with van der Waals surface area (Å²) in [5, 5.41) is 6.97. The van der Waals surface area contributed by atoms with Crippen molar-refractivity contribution in [3.8, 4) is 0 Å². The number of anilines is 4. The average molecular weight is 439 g/mol. The van der Waals surface area contributed by atoms with Crippen LogP contribution in [0.2, 0.25) is 0 Å². The Kier molecular flexibility index (Phi) is 6.75. The SMILES string of the molecule is C[C@H](NCc1ccc(Nc2ccc3c(c2)N(C(=O)OC(C)(C)C)CC3)c(N)c1)C(C)(C)C. The van der Waals surface area contributed by atoms with Gasteiger partial charge in [-0.1, -0.05) is 32.9 Å². The van der Waals surface area contributed by atoms with E-state index in [0.29, 0.717) is 18.3 Å². The second-order valence-electron chi connectivity index (χ2n) is 10.7. The smallest absolute Gasteiger partial charge is 0.414 e. The number of fused-ring (bicyclic) bond motifs is 1. The highest BCUT2D eigenvalue weighted by molar-refractivity contribution is 5.92. The molecule has 2 aromatic carbocycles. The molecule has 174 valence electrons. The highest BCUT2D eigenvalue weighted by Crippen LogP contribution is 2.34. The topological polar surface area (TPSA) is 79.6 Å². The summed E-state index contributed by atoms with van der Waals surface area (Å²) in [6.45, 7) is 15.9. The molecule has 0 radical (unpaired) electrons. The van der Waals surface area contributed by atoms with Gasteiger partial charge in [0.2, 0.25) is 0 Å². The van der Waals surface area contributed by atoms with Crippen LogP contribution in [-0.4, -0.2) is 24.3 Å². The number of ether oxygens (including phenoxy) is 1. The number of nitrogens with one attached hydrogen (secondary N) is 2. The molecule has 0 bridgehead atoms. The predicted octanol–water partition coefficient (Wildman–Crippen LogP) is 5.83. The molecule has 0 saturated heterocycles. The molecule has 1 amide bonds. The van der Waals surface area contributed by atoms with E-state index in [4.69, 9.17) is 10.5 Å². The lowest BCUT2D eigenvalue weighted by molar-refractivity contribution is 0.0584. The highest BCUT2D eigenvalue weighted by Gasteiger charge is 2.29. The second kappa shape index (κ2) is 9.02. The van der Waals surface area contributed by atoms with E-state index in [9.17, 15) is 4.79 Å². The van der Waals surface area contributed by atoms with Gasteiger partial charge in [-0.3, -0.25) is 4.90 Å². The number of hydrogen-bond acceptors (Lipinski definition) is 5. The standard InChI is InChI=1S/C26H38N4O2/c1-17(25(2,3)4)28-16-18-8-11-22(21(27)14-18)29-20-10-9-19-12-13-30(23(19)15-20)24(31)32-26(5,6)7/h8-11,14-15,17,28-29H,12-13,16,27H2,1-7H3/t17-/m0/s1. The Hall–Kier alpha value is -2.73. The Morgan fingerprint density at radius 3 is 2.47 bits per heavy atom. The van der Waals surface area contributed by atoms with E-state index in [0.717, 1.165) is 41.2 Å². The molecule has 0 spiro atoms. The molecule has 4 N–H and O–H groups in total. The quantitative estimate of drug-likeness (QED) is 0.512. The number of nitrogens with two attached hydrogens (primary N) is 1. The van der Waals surface area contributed by atoms with Crippen molar-refractivity contribution in [1.29, 1.82) is 0 Å². The average Bonchev–Trinajstić information content (AvgIpc) is 3.09. The molecule has 6 heteroatoms. The van der Waals surface area contributed by atoms with Gasteiger partial charge < -0.3 is 21.1 Å². The zero-order valence-electron chi connectivity index (χ0n) is 20.5. The number of benzene rings is 2. The Morgan fingerprint density at radius 1 is 1.12 bits per heavy atom. The lowest BCUT2D eigenvalue weighted by Gasteiger charge is -2.28. The minimum atomic E-state index is -0.522. The zero-order chi connectivity index (χ0) is 23.7. The lowest BCUT2D eigenvalue weighted by atomic mass is 9.88. The van der Waals surface area contributed by atoms with Crippen molar-refractivity contribution in [3.05, 3.63) is 47.5 Å². The Balaban J connectivity index is 1.70. The summed E-state index contributed by atoms with van der Waals surface area (Å²) in [6, 6.07) is 12.6. The first-order chi connectivity index (χ1) is 14.8. The molecular weight excluding hydrogens is 400 g/mol. The van der Waals surface area contributed by atoms with Crippen LogP contribution in [0.15, 0.2) is 36.4 Å². The lowest BCUT2D eigenvalue weighted by Crippen LogP contribution is -2.37. The third-order valence-electron chi connectivity index (χ3n) is 5.90. The van der Waals surface area contributed by atoms with Gasteiger partial charge in [0.05, 0.1) is 17.1 Å². The van der Waals surface area contributed by atoms with Gasteiger partial charge in [0, 0.05) is 24.8 Å². The number of amides is 1. The number of nitrogen functional groups attached to an aromatic ring is 1. The van der Waals surface area contributed by atoms with E-state index < -0.39 is 5.60 Å². The fraction of sp³-hybridized carbons (Fsp3) is 0.500. The molecule has 0 aromatic heterocycles. The van der Waals surface area contributed by atoms with E-state index in [1.165, 1.54) is 0 Å². The molecule has 0 fully saturated rings. The van der Waals surface area contributed by atoms with E-state index in [-0.39, 0.29) is 11.5 Å². The van der Waals surface area contributed by atoms with E-state index in [1.54, 1.807) is 4.90 Å². The van der Waals surface area contributed by atoms with E-state index >= 15 is 0 Å². The van der Waals surface area contributed by atoms with Gasteiger partial charge in [0.1, 0.15) is 5.60 Å². The van der Waals surface area contributed by atoms with Crippen LogP contribution in [0.1, 0.15) is 59.6 Å². The molecular formula is C26H38N4O2. The van der Waals surface area contributed by atoms with Crippen molar-refractivity contribution < 1.29 is 9.53 Å². The summed E-state index contributed by atoms with van der Waals surface area (Å²) in [6.07, 6.45) is 0.514. The monoisotopic (exact) mass is 438 g/mol. The van der Waals surface area contributed by atoms with Crippen LogP contribution in [0.25, 0.3) is 0 Å². The molecule has 6 nitrogen and oxygen atoms in total. The van der Waals surface area contributed by atoms with Crippen LogP contribution in [0, 0.1) is 5.41 Å². The highest BCUT2D eigenvalue weighted by atomic mass is 16.6. The number of nitrogens with zero attached hydrogens (tertiary/aromatic N) is 1. The maximum atomic E-state index is 12.6. The molecule has 32 heavy (non-hydrogen) atoms. The van der Waals surface area contributed by atoms with Crippen molar-refractivity contribution in [3.63, 3.8) is 0 Å². The Labute approximate surface area is 192 Å². The third kappa shape index (κ3) is 5.94. The van der Waals surface area contributed by atoms with Gasteiger partial charge >= 0.3 is 6.09 Å². The summed E-state index contributed by atoms with van der Waals surface area (Å²) in [5.41, 5.74) is 11.6. The number of carbonyl (C=O) groups excluding carboxylic acids is 1. The van der Waals surface area contributed by atoms with Gasteiger partial charge in [-0.25, -0.2) is 4.79 Å². The summed E-state index contributed by atoms with van der Waals surface area (Å²) in [4.78, 5) is 14.3. The summed E-state index contributed by atoms with van der Waals surface area (Å²) < 4.78 is 5.57. The molecule has 1 aliphatic rings. The second-order valence-corrected chi connectivity index (χ2v) is 10.7. The zero-order valence-corrected chi connectivity index (χ0v) is 20.5. The van der Waals surface area contributed by atoms with E-state index in [1.807, 2.05) is 45.0 Å². The first-order valence-corrected chi connectivity index (χ1v) is 11.4. The van der Waals surface area contributed by atoms with E-state index in [2.05, 4.69) is 50.5 Å². The molecule has 3 rings (SSSR count). The van der Waals surface area contributed by atoms with Gasteiger partial charge in [0.15, 0.2) is 0 Å². The molecule has 1 aliphatic heterocycles. The summed E-state index contributed by atoms with van der Waals surface area (Å²) in [7, 11) is 0. The van der Waals surface area contributed by atoms with Crippen LogP contribution < -0.4 is 21.3 Å². The molecule has 0 aliphatic carbocycles. The minimum Gasteiger partial charge on any atom is -0.443 e. The fourth-order valence-corrected chi connectivity index (χ4v) is 3.53. The van der Waals surface area contributed by atoms with Gasteiger partial charge in [-0.2, -0.15) is 0 Å². The fourth-order valence-electron chi connectivity index (χ4n) is 3.53. The van der Waals surface area contributed by atoms with Crippen LogP contribution in [-0.2, 0) is 17.7 Å². The predicted molar refractivity (Wildman–Crippen MR) is 134 cm³/mol. The maximum absolute atomic E-state index is 12.6. The molecule has 1 heterocycles. The Bertz CT molecular complexity index is 973. The summed E-state index contributed by atoms with van der Waals surface area (Å²) >= 11 is 0. The van der Waals surface area contributed by atoms with Crippen molar-refractivity contribution in [1.82, 2.24) is 5.32 Å². The minimum absolute atomic E-state index is 0.202. The third-order valence-corrected chi connectivity index (χ3v) is 5.90. The van der Waals surface area contributed by atoms with Crippen molar-refractivity contribution in [2.24, 2.45) is 5.41 Å². The van der Waals surface area contributed by atoms with Crippen LogP contribution in [0.4, 0.5) is 27.5 Å². The largest absolute Gasteiger partial charge is 0.443 e. The van der Waals surface area contributed by atoms with Crippen LogP contribution >= 0.6 is 0 Å². The number of hydrogen-bond donors (Lipinski definition) is 3. The summed E-state index contributed by atoms with van der Waals surface area (Å²) in [5.74, 6) is 0. The molecule has 0 unspecified atom stereocenters. The molecule has 2 aromatic rings. The van der Waals surface area contributed by atoms with Crippen LogP contribution in [0.5, 0.6) is 0 Å². The Morgan fingerprint density at radius 2 is 1.84 bits per heavy atom. The van der Waals surface area contributed by atoms with Gasteiger partial charge in [0.25, 0.3) is 0 Å². The molecule has 0 saturated carbocycles. The van der Waals surface area contributed by atoms with Crippen molar-refractivity contribution in [2.45, 2.75) is 73.1 Å². The normalized spacial score (nSPS) is 14.8. The molecule has 1 atom stereocenters. The first kappa shape index (κ1) is 23.9. The number of rotatable bonds is 5. The van der Waals surface area contributed by atoms with Gasteiger partial charge in [-0.05, 0) is 74.9 Å². The van der Waals surface area contributed by atoms with Gasteiger partial charge in [-0.15, -0.1) is 0 Å².